The minimum atomic E-state index is -0.607. The van der Waals surface area contributed by atoms with Crippen molar-refractivity contribution in [3.63, 3.8) is 0 Å². The SMILES string of the molecule is COC(=O)c1nn(C)c(C)c1NC(=O)c1cccc(OC)c1. The Morgan fingerprint density at radius 2 is 2.00 bits per heavy atom. The fourth-order valence-electron chi connectivity index (χ4n) is 1.95. The number of ether oxygens (including phenoxy) is 2. The van der Waals surface area contributed by atoms with Crippen molar-refractivity contribution in [1.29, 1.82) is 0 Å². The predicted octanol–water partition coefficient (Wildman–Crippen LogP) is 1.78. The van der Waals surface area contributed by atoms with Crippen LogP contribution in [0.25, 0.3) is 0 Å². The molecular weight excluding hydrogens is 286 g/mol. The molecule has 0 atom stereocenters. The zero-order chi connectivity index (χ0) is 16.3. The van der Waals surface area contributed by atoms with E-state index in [2.05, 4.69) is 15.2 Å². The number of carbonyl (C=O) groups excluding carboxylic acids is 2. The highest BCUT2D eigenvalue weighted by Crippen LogP contribution is 2.22. The van der Waals surface area contributed by atoms with Crippen molar-refractivity contribution < 1.29 is 19.1 Å². The molecule has 1 N–H and O–H groups in total. The number of carbonyl (C=O) groups is 2. The molecule has 0 aliphatic carbocycles. The summed E-state index contributed by atoms with van der Waals surface area (Å²) >= 11 is 0. The summed E-state index contributed by atoms with van der Waals surface area (Å²) < 4.78 is 11.3. The number of hydrogen-bond donors (Lipinski definition) is 1. The molecule has 0 bridgehead atoms. The van der Waals surface area contributed by atoms with Gasteiger partial charge in [0.25, 0.3) is 5.91 Å². The Hall–Kier alpha value is -2.83. The summed E-state index contributed by atoms with van der Waals surface area (Å²) in [5, 5.41) is 6.77. The average molecular weight is 303 g/mol. The number of nitrogens with one attached hydrogen (secondary N) is 1. The molecular formula is C15H17N3O4. The van der Waals surface area contributed by atoms with Crippen molar-refractivity contribution in [1.82, 2.24) is 9.78 Å². The fourth-order valence-corrected chi connectivity index (χ4v) is 1.95. The lowest BCUT2D eigenvalue weighted by Gasteiger charge is -2.07. The minimum absolute atomic E-state index is 0.0683. The number of aryl methyl sites for hydroxylation is 1. The molecule has 116 valence electrons. The van der Waals surface area contributed by atoms with Crippen LogP contribution in [0.1, 0.15) is 26.5 Å². The molecule has 1 heterocycles. The van der Waals surface area contributed by atoms with Crippen molar-refractivity contribution in [2.75, 3.05) is 19.5 Å². The van der Waals surface area contributed by atoms with Crippen molar-refractivity contribution in [2.24, 2.45) is 7.05 Å². The highest BCUT2D eigenvalue weighted by atomic mass is 16.5. The monoisotopic (exact) mass is 303 g/mol. The third-order valence-electron chi connectivity index (χ3n) is 3.28. The van der Waals surface area contributed by atoms with Crippen LogP contribution in [0.3, 0.4) is 0 Å². The first-order valence-corrected chi connectivity index (χ1v) is 6.55. The summed E-state index contributed by atoms with van der Waals surface area (Å²) in [5.41, 5.74) is 1.47. The van der Waals surface area contributed by atoms with E-state index in [0.29, 0.717) is 22.7 Å². The number of nitrogens with zero attached hydrogens (tertiary/aromatic N) is 2. The van der Waals surface area contributed by atoms with Crippen LogP contribution in [0, 0.1) is 6.92 Å². The number of amides is 1. The number of benzene rings is 1. The Morgan fingerprint density at radius 1 is 1.27 bits per heavy atom. The smallest absolute Gasteiger partial charge is 0.360 e. The largest absolute Gasteiger partial charge is 0.497 e. The lowest BCUT2D eigenvalue weighted by Crippen LogP contribution is -2.15. The van der Waals surface area contributed by atoms with Gasteiger partial charge in [0.1, 0.15) is 5.75 Å². The fraction of sp³-hybridized carbons (Fsp3) is 0.267. The van der Waals surface area contributed by atoms with Crippen molar-refractivity contribution in [2.45, 2.75) is 6.92 Å². The molecule has 0 saturated heterocycles. The maximum absolute atomic E-state index is 12.4. The predicted molar refractivity (Wildman–Crippen MR) is 80.2 cm³/mol. The van der Waals surface area contributed by atoms with Gasteiger partial charge in [0.2, 0.25) is 0 Å². The molecule has 0 spiro atoms. The zero-order valence-electron chi connectivity index (χ0n) is 12.8. The third-order valence-corrected chi connectivity index (χ3v) is 3.28. The Balaban J connectivity index is 2.33. The van der Waals surface area contributed by atoms with E-state index in [4.69, 9.17) is 4.74 Å². The molecule has 2 rings (SSSR count). The Labute approximate surface area is 127 Å². The van der Waals surface area contributed by atoms with Crippen LogP contribution in [-0.4, -0.2) is 35.9 Å². The summed E-state index contributed by atoms with van der Waals surface area (Å²) in [6.07, 6.45) is 0. The van der Waals surface area contributed by atoms with Crippen LogP contribution < -0.4 is 10.1 Å². The van der Waals surface area contributed by atoms with E-state index in [1.165, 1.54) is 18.9 Å². The quantitative estimate of drug-likeness (QED) is 0.871. The van der Waals surface area contributed by atoms with Gasteiger partial charge in [0.15, 0.2) is 5.69 Å². The standard InChI is InChI=1S/C15H17N3O4/c1-9-12(13(15(20)22-4)17-18(9)2)16-14(19)10-6-5-7-11(8-10)21-3/h5-8H,1-4H3,(H,16,19). The molecule has 2 aromatic rings. The summed E-state index contributed by atoms with van der Waals surface area (Å²) in [6.45, 7) is 1.75. The molecule has 7 heteroatoms. The summed E-state index contributed by atoms with van der Waals surface area (Å²) in [5.74, 6) is -0.395. The van der Waals surface area contributed by atoms with Crippen LogP contribution in [0.4, 0.5) is 5.69 Å². The molecule has 1 aromatic carbocycles. The lowest BCUT2D eigenvalue weighted by atomic mass is 10.2. The molecule has 0 fully saturated rings. The molecule has 1 amide bonds. The third kappa shape index (κ3) is 2.93. The number of rotatable bonds is 4. The van der Waals surface area contributed by atoms with Gasteiger partial charge in [-0.15, -0.1) is 0 Å². The number of esters is 1. The van der Waals surface area contributed by atoms with Gasteiger partial charge in [0.05, 0.1) is 25.6 Å². The van der Waals surface area contributed by atoms with Gasteiger partial charge in [-0.05, 0) is 25.1 Å². The van der Waals surface area contributed by atoms with E-state index < -0.39 is 5.97 Å². The van der Waals surface area contributed by atoms with Gasteiger partial charge in [-0.25, -0.2) is 4.79 Å². The second-order valence-electron chi connectivity index (χ2n) is 4.61. The van der Waals surface area contributed by atoms with Gasteiger partial charge in [-0.3, -0.25) is 9.48 Å². The normalized spacial score (nSPS) is 10.2. The topological polar surface area (TPSA) is 82.5 Å². The van der Waals surface area contributed by atoms with E-state index in [0.717, 1.165) is 0 Å². The van der Waals surface area contributed by atoms with Crippen LogP contribution in [-0.2, 0) is 11.8 Å². The first kappa shape index (κ1) is 15.6. The van der Waals surface area contributed by atoms with E-state index in [1.807, 2.05) is 0 Å². The van der Waals surface area contributed by atoms with Gasteiger partial charge in [-0.1, -0.05) is 6.07 Å². The number of anilines is 1. The Morgan fingerprint density at radius 3 is 2.64 bits per heavy atom. The van der Waals surface area contributed by atoms with Crippen molar-refractivity contribution in [3.05, 3.63) is 41.2 Å². The number of methoxy groups -OCH3 is 2. The summed E-state index contributed by atoms with van der Waals surface area (Å²) in [6, 6.07) is 6.72. The second-order valence-corrected chi connectivity index (χ2v) is 4.61. The maximum Gasteiger partial charge on any atom is 0.360 e. The van der Waals surface area contributed by atoms with E-state index in [-0.39, 0.29) is 11.6 Å². The maximum atomic E-state index is 12.4. The average Bonchev–Trinajstić information content (AvgIpc) is 2.82. The van der Waals surface area contributed by atoms with Crippen molar-refractivity contribution in [3.8, 4) is 5.75 Å². The Bertz CT molecular complexity index is 722. The highest BCUT2D eigenvalue weighted by Gasteiger charge is 2.22. The minimum Gasteiger partial charge on any atom is -0.497 e. The molecule has 0 radical (unpaired) electrons. The first-order chi connectivity index (χ1) is 10.5. The molecule has 0 saturated carbocycles. The molecule has 7 nitrogen and oxygen atoms in total. The van der Waals surface area contributed by atoms with Gasteiger partial charge < -0.3 is 14.8 Å². The number of aromatic nitrogens is 2. The Kier molecular flexibility index (Phi) is 4.45. The van der Waals surface area contributed by atoms with Gasteiger partial charge >= 0.3 is 5.97 Å². The molecule has 0 aliphatic heterocycles. The van der Waals surface area contributed by atoms with E-state index in [1.54, 1.807) is 38.2 Å². The second kappa shape index (κ2) is 6.30. The lowest BCUT2D eigenvalue weighted by molar-refractivity contribution is 0.0594. The zero-order valence-corrected chi connectivity index (χ0v) is 12.8. The molecule has 0 unspecified atom stereocenters. The number of hydrogen-bond acceptors (Lipinski definition) is 5. The molecule has 0 aliphatic rings. The van der Waals surface area contributed by atoms with Crippen LogP contribution in [0.5, 0.6) is 5.75 Å². The van der Waals surface area contributed by atoms with Gasteiger partial charge in [0, 0.05) is 12.6 Å². The van der Waals surface area contributed by atoms with Gasteiger partial charge in [-0.2, -0.15) is 5.10 Å². The summed E-state index contributed by atoms with van der Waals surface area (Å²) in [7, 11) is 4.47. The molecule has 1 aromatic heterocycles. The van der Waals surface area contributed by atoms with E-state index >= 15 is 0 Å². The first-order valence-electron chi connectivity index (χ1n) is 6.55. The van der Waals surface area contributed by atoms with Crippen LogP contribution in [0.15, 0.2) is 24.3 Å². The van der Waals surface area contributed by atoms with Crippen molar-refractivity contribution >= 4 is 17.6 Å². The highest BCUT2D eigenvalue weighted by molar-refractivity contribution is 6.08. The van der Waals surface area contributed by atoms with Crippen LogP contribution in [0.2, 0.25) is 0 Å². The molecule has 22 heavy (non-hydrogen) atoms. The van der Waals surface area contributed by atoms with E-state index in [9.17, 15) is 9.59 Å². The van der Waals surface area contributed by atoms with Crippen LogP contribution >= 0.6 is 0 Å². The summed E-state index contributed by atoms with van der Waals surface area (Å²) in [4.78, 5) is 24.1.